The fourth-order valence-electron chi connectivity index (χ4n) is 2.07. The van der Waals surface area contributed by atoms with Crippen molar-refractivity contribution >= 4 is 11.6 Å². The van der Waals surface area contributed by atoms with Crippen molar-refractivity contribution in [2.75, 3.05) is 12.4 Å². The quantitative estimate of drug-likeness (QED) is 0.888. The molecule has 4 nitrogen and oxygen atoms in total. The summed E-state index contributed by atoms with van der Waals surface area (Å²) in [4.78, 5) is 11.9. The molecule has 2 rings (SSSR count). The summed E-state index contributed by atoms with van der Waals surface area (Å²) >= 11 is 0. The first-order valence-electron chi connectivity index (χ1n) is 7.10. The van der Waals surface area contributed by atoms with Crippen molar-refractivity contribution in [2.24, 2.45) is 0 Å². The molecule has 0 spiro atoms. The maximum atomic E-state index is 11.9. The van der Waals surface area contributed by atoms with Crippen molar-refractivity contribution in [1.82, 2.24) is 0 Å². The second-order valence-corrected chi connectivity index (χ2v) is 4.93. The minimum absolute atomic E-state index is 0.0242. The first-order valence-corrected chi connectivity index (χ1v) is 7.10. The highest BCUT2D eigenvalue weighted by Crippen LogP contribution is 2.14. The Morgan fingerprint density at radius 1 is 1.09 bits per heavy atom. The summed E-state index contributed by atoms with van der Waals surface area (Å²) < 4.78 is 5.10. The van der Waals surface area contributed by atoms with Crippen molar-refractivity contribution in [3.05, 3.63) is 59.7 Å². The number of methoxy groups -OCH3 is 1. The van der Waals surface area contributed by atoms with Crippen molar-refractivity contribution in [2.45, 2.75) is 19.3 Å². The number of anilines is 1. The van der Waals surface area contributed by atoms with E-state index in [2.05, 4.69) is 11.4 Å². The van der Waals surface area contributed by atoms with Gasteiger partial charge in [-0.3, -0.25) is 4.79 Å². The van der Waals surface area contributed by atoms with Crippen LogP contribution in [0.1, 0.15) is 17.5 Å². The molecule has 0 fully saturated rings. The van der Waals surface area contributed by atoms with Gasteiger partial charge in [-0.1, -0.05) is 24.3 Å². The monoisotopic (exact) mass is 294 g/mol. The fraction of sp³-hybridized carbons (Fsp3) is 0.222. The number of rotatable bonds is 6. The lowest BCUT2D eigenvalue weighted by molar-refractivity contribution is -0.116. The first-order chi connectivity index (χ1) is 10.7. The highest BCUT2D eigenvalue weighted by Gasteiger charge is 2.04. The predicted molar refractivity (Wildman–Crippen MR) is 85.7 cm³/mol. The molecule has 0 heterocycles. The van der Waals surface area contributed by atoms with Gasteiger partial charge in [-0.05, 0) is 41.8 Å². The van der Waals surface area contributed by atoms with Crippen molar-refractivity contribution < 1.29 is 9.53 Å². The van der Waals surface area contributed by atoms with Crippen LogP contribution in [-0.2, 0) is 17.6 Å². The average molecular weight is 294 g/mol. The van der Waals surface area contributed by atoms with E-state index in [-0.39, 0.29) is 5.91 Å². The second kappa shape index (κ2) is 7.84. The van der Waals surface area contributed by atoms with E-state index in [1.165, 1.54) is 0 Å². The van der Waals surface area contributed by atoms with Crippen molar-refractivity contribution in [1.29, 1.82) is 5.26 Å². The number of carbonyl (C=O) groups excluding carboxylic acids is 1. The van der Waals surface area contributed by atoms with E-state index >= 15 is 0 Å². The van der Waals surface area contributed by atoms with E-state index in [4.69, 9.17) is 10.00 Å². The van der Waals surface area contributed by atoms with Crippen LogP contribution >= 0.6 is 0 Å². The van der Waals surface area contributed by atoms with Crippen LogP contribution in [0, 0.1) is 11.3 Å². The molecule has 0 radical (unpaired) electrons. The zero-order chi connectivity index (χ0) is 15.8. The Hall–Kier alpha value is -2.80. The molecule has 0 aliphatic carbocycles. The lowest BCUT2D eigenvalue weighted by Crippen LogP contribution is -2.12. The number of hydrogen-bond acceptors (Lipinski definition) is 3. The first kappa shape index (κ1) is 15.6. The topological polar surface area (TPSA) is 62.1 Å². The highest BCUT2D eigenvalue weighted by atomic mass is 16.5. The summed E-state index contributed by atoms with van der Waals surface area (Å²) in [5.41, 5.74) is 2.79. The third kappa shape index (κ3) is 4.64. The maximum Gasteiger partial charge on any atom is 0.224 e. The summed E-state index contributed by atoms with van der Waals surface area (Å²) in [5, 5.41) is 11.5. The Bertz CT molecular complexity index is 655. The Morgan fingerprint density at radius 3 is 2.32 bits per heavy atom. The lowest BCUT2D eigenvalue weighted by atomic mass is 10.1. The fourth-order valence-corrected chi connectivity index (χ4v) is 2.07. The van der Waals surface area contributed by atoms with Gasteiger partial charge in [-0.2, -0.15) is 5.26 Å². The number of nitrogens with zero attached hydrogens (tertiary/aromatic N) is 1. The van der Waals surface area contributed by atoms with Gasteiger partial charge in [0.2, 0.25) is 5.91 Å². The van der Waals surface area contributed by atoms with Gasteiger partial charge in [0.05, 0.1) is 19.6 Å². The molecule has 0 saturated carbocycles. The van der Waals surface area contributed by atoms with Gasteiger partial charge < -0.3 is 10.1 Å². The number of benzene rings is 2. The Morgan fingerprint density at radius 2 is 1.73 bits per heavy atom. The van der Waals surface area contributed by atoms with E-state index in [0.29, 0.717) is 19.3 Å². The van der Waals surface area contributed by atoms with Gasteiger partial charge >= 0.3 is 0 Å². The van der Waals surface area contributed by atoms with Gasteiger partial charge in [-0.15, -0.1) is 0 Å². The van der Waals surface area contributed by atoms with E-state index in [1.807, 2.05) is 48.5 Å². The number of nitrogens with one attached hydrogen (secondary N) is 1. The summed E-state index contributed by atoms with van der Waals surface area (Å²) in [5.74, 6) is 0.787. The van der Waals surface area contributed by atoms with Gasteiger partial charge in [0, 0.05) is 12.1 Å². The zero-order valence-corrected chi connectivity index (χ0v) is 12.5. The summed E-state index contributed by atoms with van der Waals surface area (Å²) in [6, 6.07) is 17.1. The summed E-state index contributed by atoms with van der Waals surface area (Å²) in [7, 11) is 1.63. The minimum Gasteiger partial charge on any atom is -0.497 e. The Balaban J connectivity index is 1.83. The molecule has 2 aromatic carbocycles. The molecular formula is C18H18N2O2. The molecule has 0 unspecified atom stereocenters. The van der Waals surface area contributed by atoms with Gasteiger partial charge in [-0.25, -0.2) is 0 Å². The molecule has 4 heteroatoms. The summed E-state index contributed by atoms with van der Waals surface area (Å²) in [6.07, 6.45) is 1.49. The molecule has 2 aromatic rings. The van der Waals surface area contributed by atoms with Gasteiger partial charge in [0.15, 0.2) is 0 Å². The molecule has 1 amide bonds. The lowest BCUT2D eigenvalue weighted by Gasteiger charge is -2.06. The molecule has 1 N–H and O–H groups in total. The van der Waals surface area contributed by atoms with E-state index in [9.17, 15) is 4.79 Å². The SMILES string of the molecule is COc1ccc(CCC(=O)Nc2ccc(CC#N)cc2)cc1. The Labute approximate surface area is 130 Å². The molecule has 0 bridgehead atoms. The maximum absolute atomic E-state index is 11.9. The molecular weight excluding hydrogens is 276 g/mol. The normalized spacial score (nSPS) is 9.82. The smallest absolute Gasteiger partial charge is 0.224 e. The molecule has 0 aliphatic rings. The molecule has 112 valence electrons. The molecule has 0 aliphatic heterocycles. The molecule has 0 aromatic heterocycles. The highest BCUT2D eigenvalue weighted by molar-refractivity contribution is 5.90. The summed E-state index contributed by atoms with van der Waals surface area (Å²) in [6.45, 7) is 0. The van der Waals surface area contributed by atoms with Crippen LogP contribution in [0.25, 0.3) is 0 Å². The van der Waals surface area contributed by atoms with Crippen LogP contribution in [0.2, 0.25) is 0 Å². The van der Waals surface area contributed by atoms with Crippen LogP contribution in [0.4, 0.5) is 5.69 Å². The number of ether oxygens (including phenoxy) is 1. The number of nitriles is 1. The number of amides is 1. The molecule has 22 heavy (non-hydrogen) atoms. The molecule has 0 atom stereocenters. The standard InChI is InChI=1S/C18H18N2O2/c1-22-17-9-4-14(5-10-17)6-11-18(21)20-16-7-2-15(3-8-16)12-13-19/h2-5,7-10H,6,11-12H2,1H3,(H,20,21). The largest absolute Gasteiger partial charge is 0.497 e. The third-order valence-electron chi connectivity index (χ3n) is 3.32. The zero-order valence-electron chi connectivity index (χ0n) is 12.5. The minimum atomic E-state index is -0.0242. The van der Waals surface area contributed by atoms with Crippen LogP contribution in [0.5, 0.6) is 5.75 Å². The van der Waals surface area contributed by atoms with E-state index in [1.54, 1.807) is 7.11 Å². The molecule has 0 saturated heterocycles. The van der Waals surface area contributed by atoms with Crippen LogP contribution < -0.4 is 10.1 Å². The number of aryl methyl sites for hydroxylation is 1. The van der Waals surface area contributed by atoms with E-state index in [0.717, 1.165) is 22.6 Å². The second-order valence-electron chi connectivity index (χ2n) is 4.93. The van der Waals surface area contributed by atoms with E-state index < -0.39 is 0 Å². The Kier molecular flexibility index (Phi) is 5.56. The average Bonchev–Trinajstić information content (AvgIpc) is 2.55. The van der Waals surface area contributed by atoms with Crippen LogP contribution in [0.15, 0.2) is 48.5 Å². The van der Waals surface area contributed by atoms with Crippen LogP contribution in [0.3, 0.4) is 0 Å². The van der Waals surface area contributed by atoms with Gasteiger partial charge in [0.1, 0.15) is 5.75 Å². The number of carbonyl (C=O) groups is 1. The van der Waals surface area contributed by atoms with Gasteiger partial charge in [0.25, 0.3) is 0 Å². The number of hydrogen-bond donors (Lipinski definition) is 1. The van der Waals surface area contributed by atoms with Crippen molar-refractivity contribution in [3.63, 3.8) is 0 Å². The third-order valence-corrected chi connectivity index (χ3v) is 3.32. The van der Waals surface area contributed by atoms with Crippen LogP contribution in [-0.4, -0.2) is 13.0 Å². The van der Waals surface area contributed by atoms with Crippen molar-refractivity contribution in [3.8, 4) is 11.8 Å². The predicted octanol–water partition coefficient (Wildman–Crippen LogP) is 3.33.